The molecule has 7 unspecified atom stereocenters. The van der Waals surface area contributed by atoms with Crippen LogP contribution in [0.3, 0.4) is 0 Å². The molecule has 7 atom stereocenters. The van der Waals surface area contributed by atoms with Gasteiger partial charge >= 0.3 is 12.1 Å². The second-order valence-electron chi connectivity index (χ2n) is 10.9. The molecule has 0 amide bonds. The summed E-state index contributed by atoms with van der Waals surface area (Å²) in [6.45, 7) is 3.87. The van der Waals surface area contributed by atoms with Gasteiger partial charge in [-0.1, -0.05) is 13.8 Å². The fraction of sp³-hybridized carbons (Fsp3) is 0.909. The van der Waals surface area contributed by atoms with E-state index in [0.29, 0.717) is 37.5 Å². The highest BCUT2D eigenvalue weighted by atomic mass is 19.4. The molecule has 6 fully saturated rings. The van der Waals surface area contributed by atoms with E-state index in [2.05, 4.69) is 6.07 Å². The quantitative estimate of drug-likeness (QED) is 0.600. The number of nitriles is 1. The van der Waals surface area contributed by atoms with E-state index >= 15 is 0 Å². The zero-order chi connectivity index (χ0) is 20.1. The number of fused-ring (bicyclic) bond motifs is 2. The molecule has 3 nitrogen and oxygen atoms in total. The lowest BCUT2D eigenvalue weighted by atomic mass is 9.48. The van der Waals surface area contributed by atoms with Gasteiger partial charge in [0, 0.05) is 6.42 Å². The fourth-order valence-corrected chi connectivity index (χ4v) is 8.43. The molecule has 6 saturated carbocycles. The monoisotopic (exact) mass is 395 g/mol. The summed E-state index contributed by atoms with van der Waals surface area (Å²) in [4.78, 5) is 13.3. The minimum absolute atomic E-state index is 0.0593. The van der Waals surface area contributed by atoms with Gasteiger partial charge in [-0.3, -0.25) is 4.79 Å². The summed E-state index contributed by atoms with van der Waals surface area (Å²) >= 11 is 0. The molecular weight excluding hydrogens is 367 g/mol. The zero-order valence-corrected chi connectivity index (χ0v) is 16.5. The van der Waals surface area contributed by atoms with Gasteiger partial charge in [0.25, 0.3) is 0 Å². The Balaban J connectivity index is 1.47. The van der Waals surface area contributed by atoms with Crippen LogP contribution >= 0.6 is 0 Å². The number of rotatable bonds is 2. The number of hydrogen-bond donors (Lipinski definition) is 0. The van der Waals surface area contributed by atoms with E-state index < -0.39 is 34.5 Å². The van der Waals surface area contributed by atoms with Gasteiger partial charge in [-0.25, -0.2) is 0 Å². The maximum Gasteiger partial charge on any atom is 0.405 e. The third-order valence-electron chi connectivity index (χ3n) is 9.41. The summed E-state index contributed by atoms with van der Waals surface area (Å²) in [5.74, 6) is -1.09. The van der Waals surface area contributed by atoms with Crippen LogP contribution in [0.4, 0.5) is 13.2 Å². The van der Waals surface area contributed by atoms with Crippen LogP contribution in [-0.4, -0.2) is 17.7 Å². The molecule has 6 bridgehead atoms. The molecule has 6 rings (SSSR count). The molecule has 0 radical (unpaired) electrons. The summed E-state index contributed by atoms with van der Waals surface area (Å²) < 4.78 is 49.0. The first-order chi connectivity index (χ1) is 13.0. The molecule has 0 aromatic rings. The predicted octanol–water partition coefficient (Wildman–Crippen LogP) is 5.25. The Morgan fingerprint density at radius 2 is 1.68 bits per heavy atom. The molecular formula is C22H28F3NO2. The minimum Gasteiger partial charge on any atom is -0.458 e. The van der Waals surface area contributed by atoms with Gasteiger partial charge in [0.2, 0.25) is 0 Å². The zero-order valence-electron chi connectivity index (χ0n) is 16.5. The third kappa shape index (κ3) is 2.25. The van der Waals surface area contributed by atoms with Gasteiger partial charge in [0.1, 0.15) is 5.60 Å². The van der Waals surface area contributed by atoms with Crippen molar-refractivity contribution in [3.63, 3.8) is 0 Å². The van der Waals surface area contributed by atoms with Crippen molar-refractivity contribution >= 4 is 5.97 Å². The number of nitrogens with zero attached hydrogens (tertiary/aromatic N) is 1. The van der Waals surface area contributed by atoms with Gasteiger partial charge in [-0.2, -0.15) is 18.4 Å². The molecule has 0 aliphatic heterocycles. The van der Waals surface area contributed by atoms with Crippen molar-refractivity contribution in [1.82, 2.24) is 0 Å². The van der Waals surface area contributed by atoms with Crippen molar-refractivity contribution in [3.8, 4) is 6.07 Å². The van der Waals surface area contributed by atoms with Crippen molar-refractivity contribution in [2.45, 2.75) is 77.0 Å². The number of ether oxygens (including phenoxy) is 1. The van der Waals surface area contributed by atoms with Crippen LogP contribution in [-0.2, 0) is 9.53 Å². The van der Waals surface area contributed by atoms with Crippen LogP contribution in [0, 0.1) is 57.7 Å². The van der Waals surface area contributed by atoms with E-state index in [1.807, 2.05) is 13.8 Å². The van der Waals surface area contributed by atoms with Crippen molar-refractivity contribution in [2.24, 2.45) is 46.3 Å². The highest BCUT2D eigenvalue weighted by Gasteiger charge is 2.74. The summed E-state index contributed by atoms with van der Waals surface area (Å²) in [5, 5.41) is 9.75. The SMILES string of the molecule is CC1C2CC(C1C)C(C(=O)OC13CC4CC(CC(C#N)(C4)C1)C3)(C(F)(F)F)C2. The smallest absolute Gasteiger partial charge is 0.405 e. The van der Waals surface area contributed by atoms with Crippen LogP contribution in [0.2, 0.25) is 0 Å². The summed E-state index contributed by atoms with van der Waals surface area (Å²) in [7, 11) is 0. The van der Waals surface area contributed by atoms with Gasteiger partial charge in [-0.05, 0) is 80.5 Å². The fourth-order valence-electron chi connectivity index (χ4n) is 8.43. The summed E-state index contributed by atoms with van der Waals surface area (Å²) in [6, 6.07) is 2.44. The number of hydrogen-bond acceptors (Lipinski definition) is 3. The van der Waals surface area contributed by atoms with E-state index in [9.17, 15) is 23.2 Å². The van der Waals surface area contributed by atoms with Crippen LogP contribution < -0.4 is 0 Å². The van der Waals surface area contributed by atoms with Crippen LogP contribution in [0.25, 0.3) is 0 Å². The summed E-state index contributed by atoms with van der Waals surface area (Å²) in [6.07, 6.45) is 0.0726. The molecule has 0 saturated heterocycles. The summed E-state index contributed by atoms with van der Waals surface area (Å²) in [5.41, 5.74) is -3.72. The van der Waals surface area contributed by atoms with E-state index in [1.165, 1.54) is 0 Å². The molecule has 0 N–H and O–H groups in total. The number of carbonyl (C=O) groups excluding carboxylic acids is 1. The molecule has 6 heteroatoms. The molecule has 6 aliphatic carbocycles. The van der Waals surface area contributed by atoms with Crippen LogP contribution in [0.1, 0.15) is 65.2 Å². The number of carbonyl (C=O) groups is 1. The van der Waals surface area contributed by atoms with Crippen LogP contribution in [0.5, 0.6) is 0 Å². The molecule has 28 heavy (non-hydrogen) atoms. The molecule has 6 aliphatic rings. The minimum atomic E-state index is -4.59. The van der Waals surface area contributed by atoms with E-state index in [4.69, 9.17) is 4.74 Å². The second kappa shape index (κ2) is 5.46. The van der Waals surface area contributed by atoms with Crippen LogP contribution in [0.15, 0.2) is 0 Å². The van der Waals surface area contributed by atoms with E-state index in [1.54, 1.807) is 0 Å². The largest absolute Gasteiger partial charge is 0.458 e. The highest BCUT2D eigenvalue weighted by Crippen LogP contribution is 2.68. The lowest BCUT2D eigenvalue weighted by Crippen LogP contribution is -2.60. The molecule has 0 spiro atoms. The molecule has 154 valence electrons. The maximum atomic E-state index is 14.4. The van der Waals surface area contributed by atoms with Gasteiger partial charge < -0.3 is 4.74 Å². The Morgan fingerprint density at radius 1 is 1.04 bits per heavy atom. The Morgan fingerprint density at radius 3 is 2.18 bits per heavy atom. The average Bonchev–Trinajstić information content (AvgIpc) is 3.11. The van der Waals surface area contributed by atoms with Crippen molar-refractivity contribution in [1.29, 1.82) is 5.26 Å². The molecule has 0 heterocycles. The highest BCUT2D eigenvalue weighted by molar-refractivity contribution is 5.80. The van der Waals surface area contributed by atoms with Crippen molar-refractivity contribution in [2.75, 3.05) is 0 Å². The van der Waals surface area contributed by atoms with Gasteiger partial charge in [0.15, 0.2) is 5.41 Å². The average molecular weight is 395 g/mol. The van der Waals surface area contributed by atoms with Crippen molar-refractivity contribution in [3.05, 3.63) is 0 Å². The van der Waals surface area contributed by atoms with Gasteiger partial charge in [0.05, 0.1) is 11.5 Å². The Kier molecular flexibility index (Phi) is 3.66. The normalized spacial score (nSPS) is 54.0. The first-order valence-corrected chi connectivity index (χ1v) is 10.7. The predicted molar refractivity (Wildman–Crippen MR) is 94.6 cm³/mol. The number of esters is 1. The van der Waals surface area contributed by atoms with E-state index in [0.717, 1.165) is 19.3 Å². The Bertz CT molecular complexity index is 740. The Hall–Kier alpha value is -1.25. The van der Waals surface area contributed by atoms with Crippen molar-refractivity contribution < 1.29 is 22.7 Å². The molecule has 0 aromatic carbocycles. The number of alkyl halides is 3. The lowest BCUT2D eigenvalue weighted by Gasteiger charge is -2.59. The first-order valence-electron chi connectivity index (χ1n) is 10.7. The lowest BCUT2D eigenvalue weighted by molar-refractivity contribution is -0.268. The topological polar surface area (TPSA) is 50.1 Å². The standard InChI is InChI=1S/C22H28F3NO2/c1-12-13(2)17-4-16(12)9-21(17,22(23,24)25)18(27)28-20-7-14-3-15(8-20)6-19(5-14,10-20)11-26/h12-17H,3-10H2,1-2H3. The Labute approximate surface area is 164 Å². The third-order valence-corrected chi connectivity index (χ3v) is 9.41. The number of halogens is 3. The first kappa shape index (κ1) is 18.8. The molecule has 0 aromatic heterocycles. The second-order valence-corrected chi connectivity index (χ2v) is 10.9. The maximum absolute atomic E-state index is 14.4. The van der Waals surface area contributed by atoms with Gasteiger partial charge in [-0.15, -0.1) is 0 Å². The van der Waals surface area contributed by atoms with E-state index in [-0.39, 0.29) is 24.2 Å².